The first-order valence-electron chi connectivity index (χ1n) is 8.04. The number of hydrogen-bond donors (Lipinski definition) is 2. The van der Waals surface area contributed by atoms with Crippen molar-refractivity contribution in [1.29, 1.82) is 0 Å². The second-order valence-corrected chi connectivity index (χ2v) is 6.37. The lowest BCUT2D eigenvalue weighted by molar-refractivity contribution is -0.116. The fourth-order valence-electron chi connectivity index (χ4n) is 2.61. The average Bonchev–Trinajstić information content (AvgIpc) is 2.40. The Morgan fingerprint density at radius 3 is 2.36 bits per heavy atom. The Labute approximate surface area is 134 Å². The van der Waals surface area contributed by atoms with Crippen LogP contribution in [-0.4, -0.2) is 42.2 Å². The van der Waals surface area contributed by atoms with Gasteiger partial charge in [-0.25, -0.2) is 0 Å². The predicted molar refractivity (Wildman–Crippen MR) is 92.3 cm³/mol. The fourth-order valence-corrected chi connectivity index (χ4v) is 2.61. The van der Waals surface area contributed by atoms with E-state index in [1.807, 2.05) is 20.9 Å². The maximum absolute atomic E-state index is 12.1. The molecular formula is C18H30N2O2. The molecule has 0 aliphatic carbocycles. The number of rotatable bonds is 8. The molecule has 0 aliphatic heterocycles. The zero-order valence-electron chi connectivity index (χ0n) is 14.6. The van der Waals surface area contributed by atoms with Crippen LogP contribution in [0.1, 0.15) is 42.9 Å². The average molecular weight is 306 g/mol. The summed E-state index contributed by atoms with van der Waals surface area (Å²) in [5.41, 5.74) is 4.38. The third-order valence-corrected chi connectivity index (χ3v) is 3.81. The van der Waals surface area contributed by atoms with E-state index in [4.69, 9.17) is 0 Å². The van der Waals surface area contributed by atoms with Crippen LogP contribution >= 0.6 is 0 Å². The first-order chi connectivity index (χ1) is 10.3. The van der Waals surface area contributed by atoms with Gasteiger partial charge < -0.3 is 15.3 Å². The Bertz CT molecular complexity index is 475. The fraction of sp³-hybridized carbons (Fsp3) is 0.611. The number of anilines is 1. The molecule has 124 valence electrons. The smallest absolute Gasteiger partial charge is 0.224 e. The predicted octanol–water partition coefficient (Wildman–Crippen LogP) is 3.03. The molecule has 0 aliphatic rings. The van der Waals surface area contributed by atoms with Crippen LogP contribution < -0.4 is 5.32 Å². The molecule has 1 aromatic carbocycles. The SMILES string of the molecule is Cc1cc(C)c(NC(=O)CCCN(C)CCC(C)O)c(C)c1. The highest BCUT2D eigenvalue weighted by Crippen LogP contribution is 2.22. The molecule has 0 fully saturated rings. The van der Waals surface area contributed by atoms with Crippen molar-refractivity contribution in [3.8, 4) is 0 Å². The van der Waals surface area contributed by atoms with Crippen molar-refractivity contribution in [2.24, 2.45) is 0 Å². The first kappa shape index (κ1) is 18.7. The number of nitrogens with one attached hydrogen (secondary N) is 1. The highest BCUT2D eigenvalue weighted by Gasteiger charge is 2.09. The molecule has 0 bridgehead atoms. The largest absolute Gasteiger partial charge is 0.393 e. The van der Waals surface area contributed by atoms with Gasteiger partial charge in [-0.3, -0.25) is 4.79 Å². The van der Waals surface area contributed by atoms with Crippen molar-refractivity contribution in [2.75, 3.05) is 25.5 Å². The van der Waals surface area contributed by atoms with Crippen LogP contribution in [0.25, 0.3) is 0 Å². The van der Waals surface area contributed by atoms with Gasteiger partial charge in [0, 0.05) is 18.7 Å². The van der Waals surface area contributed by atoms with Crippen LogP contribution in [0, 0.1) is 20.8 Å². The van der Waals surface area contributed by atoms with Crippen molar-refractivity contribution >= 4 is 11.6 Å². The van der Waals surface area contributed by atoms with E-state index in [0.29, 0.717) is 6.42 Å². The summed E-state index contributed by atoms with van der Waals surface area (Å²) in [6, 6.07) is 4.18. The maximum atomic E-state index is 12.1. The van der Waals surface area contributed by atoms with Crippen LogP contribution in [0.3, 0.4) is 0 Å². The summed E-state index contributed by atoms with van der Waals surface area (Å²) in [6.07, 6.45) is 1.85. The molecule has 1 rings (SSSR count). The molecule has 4 heteroatoms. The zero-order chi connectivity index (χ0) is 16.7. The van der Waals surface area contributed by atoms with E-state index >= 15 is 0 Å². The number of aliphatic hydroxyl groups excluding tert-OH is 1. The zero-order valence-corrected chi connectivity index (χ0v) is 14.6. The number of amides is 1. The quantitative estimate of drug-likeness (QED) is 0.776. The summed E-state index contributed by atoms with van der Waals surface area (Å²) < 4.78 is 0. The summed E-state index contributed by atoms with van der Waals surface area (Å²) in [6.45, 7) is 9.64. The lowest BCUT2D eigenvalue weighted by Crippen LogP contribution is -2.24. The minimum Gasteiger partial charge on any atom is -0.393 e. The molecule has 0 saturated carbocycles. The van der Waals surface area contributed by atoms with Crippen molar-refractivity contribution in [1.82, 2.24) is 4.90 Å². The van der Waals surface area contributed by atoms with Gasteiger partial charge in [-0.1, -0.05) is 17.7 Å². The molecule has 1 atom stereocenters. The lowest BCUT2D eigenvalue weighted by Gasteiger charge is -2.17. The molecule has 0 spiro atoms. The number of aliphatic hydroxyl groups is 1. The second-order valence-electron chi connectivity index (χ2n) is 6.37. The van der Waals surface area contributed by atoms with Crippen LogP contribution in [0.15, 0.2) is 12.1 Å². The molecule has 0 saturated heterocycles. The van der Waals surface area contributed by atoms with Crippen LogP contribution in [0.5, 0.6) is 0 Å². The van der Waals surface area contributed by atoms with Crippen molar-refractivity contribution < 1.29 is 9.90 Å². The van der Waals surface area contributed by atoms with Gasteiger partial charge in [-0.05, 0) is 65.3 Å². The molecule has 0 radical (unpaired) electrons. The maximum Gasteiger partial charge on any atom is 0.224 e. The van der Waals surface area contributed by atoms with Crippen LogP contribution in [0.4, 0.5) is 5.69 Å². The molecule has 1 aromatic rings. The first-order valence-corrected chi connectivity index (χ1v) is 8.04. The highest BCUT2D eigenvalue weighted by atomic mass is 16.3. The molecule has 0 heterocycles. The highest BCUT2D eigenvalue weighted by molar-refractivity contribution is 5.92. The van der Waals surface area contributed by atoms with Gasteiger partial charge in [0.15, 0.2) is 0 Å². The number of carbonyl (C=O) groups excluding carboxylic acids is 1. The number of nitrogens with zero attached hydrogens (tertiary/aromatic N) is 1. The topological polar surface area (TPSA) is 52.6 Å². The van der Waals surface area contributed by atoms with Gasteiger partial charge in [-0.2, -0.15) is 0 Å². The molecule has 1 amide bonds. The van der Waals surface area contributed by atoms with Crippen LogP contribution in [0.2, 0.25) is 0 Å². The summed E-state index contributed by atoms with van der Waals surface area (Å²) in [4.78, 5) is 14.2. The Morgan fingerprint density at radius 1 is 1.23 bits per heavy atom. The Hall–Kier alpha value is -1.39. The normalized spacial score (nSPS) is 12.5. The van der Waals surface area contributed by atoms with Crippen LogP contribution in [-0.2, 0) is 4.79 Å². The molecular weight excluding hydrogens is 276 g/mol. The van der Waals surface area contributed by atoms with Crippen molar-refractivity contribution in [3.05, 3.63) is 28.8 Å². The molecule has 4 nitrogen and oxygen atoms in total. The summed E-state index contributed by atoms with van der Waals surface area (Å²) >= 11 is 0. The lowest BCUT2D eigenvalue weighted by atomic mass is 10.0. The minimum atomic E-state index is -0.266. The summed E-state index contributed by atoms with van der Waals surface area (Å²) in [5, 5.41) is 12.3. The van der Waals surface area contributed by atoms with E-state index in [0.717, 1.165) is 42.7 Å². The molecule has 2 N–H and O–H groups in total. The van der Waals surface area contributed by atoms with Gasteiger partial charge in [0.25, 0.3) is 0 Å². The molecule has 1 unspecified atom stereocenters. The summed E-state index contributed by atoms with van der Waals surface area (Å²) in [7, 11) is 2.02. The monoisotopic (exact) mass is 306 g/mol. The van der Waals surface area contributed by atoms with Gasteiger partial charge in [0.05, 0.1) is 6.10 Å². The summed E-state index contributed by atoms with van der Waals surface area (Å²) in [5.74, 6) is 0.0685. The second kappa shape index (κ2) is 8.91. The van der Waals surface area contributed by atoms with Gasteiger partial charge in [-0.15, -0.1) is 0 Å². The number of hydrogen-bond acceptors (Lipinski definition) is 3. The van der Waals surface area contributed by atoms with Gasteiger partial charge >= 0.3 is 0 Å². The van der Waals surface area contributed by atoms with E-state index in [-0.39, 0.29) is 12.0 Å². The number of carbonyl (C=O) groups is 1. The van der Waals surface area contributed by atoms with E-state index < -0.39 is 0 Å². The number of benzene rings is 1. The van der Waals surface area contributed by atoms with E-state index in [9.17, 15) is 9.90 Å². The van der Waals surface area contributed by atoms with Crippen molar-refractivity contribution in [2.45, 2.75) is 53.1 Å². The standard InChI is InChI=1S/C18H30N2O2/c1-13-11-14(2)18(15(3)12-13)19-17(22)7-6-9-20(5)10-8-16(4)21/h11-12,16,21H,6-10H2,1-5H3,(H,19,22). The third kappa shape index (κ3) is 6.58. The van der Waals surface area contributed by atoms with Gasteiger partial charge in [0.1, 0.15) is 0 Å². The minimum absolute atomic E-state index is 0.0685. The number of aryl methyl sites for hydroxylation is 3. The Kier molecular flexibility index (Phi) is 7.56. The molecule has 0 aromatic heterocycles. The van der Waals surface area contributed by atoms with Gasteiger partial charge in [0.2, 0.25) is 5.91 Å². The van der Waals surface area contributed by atoms with Crippen molar-refractivity contribution in [3.63, 3.8) is 0 Å². The third-order valence-electron chi connectivity index (χ3n) is 3.81. The Balaban J connectivity index is 2.38. The van der Waals surface area contributed by atoms with E-state index in [1.54, 1.807) is 6.92 Å². The Morgan fingerprint density at radius 2 is 1.82 bits per heavy atom. The van der Waals surface area contributed by atoms with E-state index in [1.165, 1.54) is 5.56 Å². The van der Waals surface area contributed by atoms with E-state index in [2.05, 4.69) is 29.3 Å². The molecule has 22 heavy (non-hydrogen) atoms.